The Morgan fingerprint density at radius 2 is 2.00 bits per heavy atom. The van der Waals surface area contributed by atoms with Crippen LogP contribution in [0.15, 0.2) is 45.8 Å². The van der Waals surface area contributed by atoms with Crippen LogP contribution in [0, 0.1) is 0 Å². The summed E-state index contributed by atoms with van der Waals surface area (Å²) in [6.07, 6.45) is 1.35. The molecule has 0 spiro atoms. The molecule has 2 N–H and O–H groups in total. The molecule has 1 heterocycles. The first-order chi connectivity index (χ1) is 9.47. The van der Waals surface area contributed by atoms with Crippen LogP contribution in [0.1, 0.15) is 28.9 Å². The van der Waals surface area contributed by atoms with E-state index in [0.717, 1.165) is 10.0 Å². The second-order valence-electron chi connectivity index (χ2n) is 4.31. The zero-order valence-corrected chi connectivity index (χ0v) is 13.0. The van der Waals surface area contributed by atoms with E-state index in [0.29, 0.717) is 5.56 Å². The average molecular weight is 356 g/mol. The van der Waals surface area contributed by atoms with Gasteiger partial charge in [0.05, 0.1) is 11.6 Å². The maximum atomic E-state index is 12.1. The molecule has 1 aromatic heterocycles. The summed E-state index contributed by atoms with van der Waals surface area (Å²) in [6.45, 7) is 1.88. The van der Waals surface area contributed by atoms with Crippen molar-refractivity contribution in [3.8, 4) is 0 Å². The van der Waals surface area contributed by atoms with E-state index in [2.05, 4.69) is 26.2 Å². The molecule has 0 aliphatic heterocycles. The molecule has 104 valence electrons. The zero-order valence-electron chi connectivity index (χ0n) is 10.6. The zero-order chi connectivity index (χ0) is 14.7. The van der Waals surface area contributed by atoms with E-state index in [-0.39, 0.29) is 17.0 Å². The maximum Gasteiger partial charge on any atom is 0.266 e. The van der Waals surface area contributed by atoms with E-state index in [1.54, 1.807) is 0 Å². The van der Waals surface area contributed by atoms with Crippen LogP contribution in [0.2, 0.25) is 5.02 Å². The average Bonchev–Trinajstić information content (AvgIpc) is 2.42. The predicted molar refractivity (Wildman–Crippen MR) is 82.1 cm³/mol. The topological polar surface area (TPSA) is 62.0 Å². The number of hydrogen-bond donors (Lipinski definition) is 2. The van der Waals surface area contributed by atoms with Gasteiger partial charge in [-0.15, -0.1) is 0 Å². The summed E-state index contributed by atoms with van der Waals surface area (Å²) in [5, 5.41) is 2.84. The van der Waals surface area contributed by atoms with E-state index in [1.807, 2.05) is 31.2 Å². The standard InChI is InChI=1S/C14H12BrClN2O2/c1-8(9-2-4-11(15)5-3-9)18-13(19)10-6-12(16)14(20)17-7-10/h2-8H,1H3,(H,17,20)(H,18,19)/t8-/m1/s1. The number of carbonyl (C=O) groups excluding carboxylic acids is 1. The number of nitrogens with one attached hydrogen (secondary N) is 2. The molecule has 0 saturated heterocycles. The summed E-state index contributed by atoms with van der Waals surface area (Å²) in [4.78, 5) is 25.6. The van der Waals surface area contributed by atoms with Crippen LogP contribution >= 0.6 is 27.5 Å². The van der Waals surface area contributed by atoms with Gasteiger partial charge in [0.15, 0.2) is 0 Å². The maximum absolute atomic E-state index is 12.1. The molecule has 0 fully saturated rings. The van der Waals surface area contributed by atoms with Gasteiger partial charge in [0.25, 0.3) is 11.5 Å². The molecule has 0 aliphatic carbocycles. The lowest BCUT2D eigenvalue weighted by Crippen LogP contribution is -2.27. The van der Waals surface area contributed by atoms with Crippen molar-refractivity contribution in [2.75, 3.05) is 0 Å². The third kappa shape index (κ3) is 3.49. The van der Waals surface area contributed by atoms with Crippen LogP contribution in [-0.2, 0) is 0 Å². The van der Waals surface area contributed by atoms with Gasteiger partial charge in [-0.1, -0.05) is 39.7 Å². The molecule has 0 unspecified atom stereocenters. The quantitative estimate of drug-likeness (QED) is 0.887. The predicted octanol–water partition coefficient (Wildman–Crippen LogP) is 3.28. The molecular formula is C14H12BrClN2O2. The minimum absolute atomic E-state index is 0.00561. The van der Waals surface area contributed by atoms with Crippen molar-refractivity contribution < 1.29 is 4.79 Å². The lowest BCUT2D eigenvalue weighted by molar-refractivity contribution is 0.0939. The van der Waals surface area contributed by atoms with E-state index >= 15 is 0 Å². The first-order valence-corrected chi connectivity index (χ1v) is 7.09. The lowest BCUT2D eigenvalue weighted by atomic mass is 10.1. The number of benzene rings is 1. The Morgan fingerprint density at radius 1 is 1.35 bits per heavy atom. The third-order valence-electron chi connectivity index (χ3n) is 2.84. The summed E-state index contributed by atoms with van der Waals surface area (Å²) in [7, 11) is 0. The molecule has 2 aromatic rings. The van der Waals surface area contributed by atoms with Crippen molar-refractivity contribution in [3.05, 3.63) is 67.5 Å². The molecule has 1 amide bonds. The molecule has 2 rings (SSSR count). The van der Waals surface area contributed by atoms with Crippen LogP contribution in [-0.4, -0.2) is 10.9 Å². The Labute approximate surface area is 129 Å². The van der Waals surface area contributed by atoms with E-state index in [1.165, 1.54) is 12.3 Å². The number of carbonyl (C=O) groups is 1. The number of rotatable bonds is 3. The number of halogens is 2. The van der Waals surface area contributed by atoms with Gasteiger partial charge in [0.2, 0.25) is 0 Å². The second-order valence-corrected chi connectivity index (χ2v) is 5.63. The van der Waals surface area contributed by atoms with Gasteiger partial charge >= 0.3 is 0 Å². The summed E-state index contributed by atoms with van der Waals surface area (Å²) in [5.41, 5.74) is 0.889. The SMILES string of the molecule is C[C@@H](NC(=O)c1c[nH]c(=O)c(Cl)c1)c1ccc(Br)cc1. The Morgan fingerprint density at radius 3 is 2.60 bits per heavy atom. The highest BCUT2D eigenvalue weighted by Gasteiger charge is 2.12. The van der Waals surface area contributed by atoms with Crippen molar-refractivity contribution in [1.82, 2.24) is 10.3 Å². The molecule has 0 radical (unpaired) electrons. The van der Waals surface area contributed by atoms with E-state index in [4.69, 9.17) is 11.6 Å². The van der Waals surface area contributed by atoms with Crippen LogP contribution in [0.5, 0.6) is 0 Å². The molecule has 1 atom stereocenters. The number of hydrogen-bond acceptors (Lipinski definition) is 2. The van der Waals surface area contributed by atoms with Crippen molar-refractivity contribution in [2.24, 2.45) is 0 Å². The molecule has 0 aliphatic rings. The Hall–Kier alpha value is -1.59. The number of amides is 1. The van der Waals surface area contributed by atoms with Crippen LogP contribution < -0.4 is 10.9 Å². The minimum atomic E-state index is -0.413. The first kappa shape index (κ1) is 14.8. The molecule has 4 nitrogen and oxygen atoms in total. The number of aromatic nitrogens is 1. The minimum Gasteiger partial charge on any atom is -0.345 e. The Kier molecular flexibility index (Phi) is 4.62. The highest BCUT2D eigenvalue weighted by atomic mass is 79.9. The van der Waals surface area contributed by atoms with E-state index in [9.17, 15) is 9.59 Å². The van der Waals surface area contributed by atoms with Crippen LogP contribution in [0.3, 0.4) is 0 Å². The van der Waals surface area contributed by atoms with Crippen LogP contribution in [0.25, 0.3) is 0 Å². The second kappa shape index (κ2) is 6.24. The first-order valence-electron chi connectivity index (χ1n) is 5.92. The summed E-state index contributed by atoms with van der Waals surface area (Å²) >= 11 is 9.06. The monoisotopic (exact) mass is 354 g/mol. The summed E-state index contributed by atoms with van der Waals surface area (Å²) in [5.74, 6) is -0.293. The number of pyridine rings is 1. The molecular weight excluding hydrogens is 344 g/mol. The lowest BCUT2D eigenvalue weighted by Gasteiger charge is -2.14. The molecule has 0 saturated carbocycles. The van der Waals surface area contributed by atoms with Gasteiger partial charge in [0.1, 0.15) is 5.02 Å². The fraction of sp³-hybridized carbons (Fsp3) is 0.143. The van der Waals surface area contributed by atoms with Crippen LogP contribution in [0.4, 0.5) is 0 Å². The number of aromatic amines is 1. The molecule has 1 aromatic carbocycles. The van der Waals surface area contributed by atoms with Gasteiger partial charge in [-0.2, -0.15) is 0 Å². The fourth-order valence-electron chi connectivity index (χ4n) is 1.70. The highest BCUT2D eigenvalue weighted by molar-refractivity contribution is 9.10. The molecule has 0 bridgehead atoms. The van der Waals surface area contributed by atoms with Gasteiger partial charge in [0, 0.05) is 10.7 Å². The van der Waals surface area contributed by atoms with Gasteiger partial charge < -0.3 is 10.3 Å². The third-order valence-corrected chi connectivity index (χ3v) is 3.65. The summed E-state index contributed by atoms with van der Waals surface area (Å²) < 4.78 is 0.979. The van der Waals surface area contributed by atoms with E-state index < -0.39 is 5.56 Å². The van der Waals surface area contributed by atoms with Gasteiger partial charge in [-0.25, -0.2) is 0 Å². The van der Waals surface area contributed by atoms with Crippen molar-refractivity contribution in [3.63, 3.8) is 0 Å². The fourth-order valence-corrected chi connectivity index (χ4v) is 2.14. The van der Waals surface area contributed by atoms with Crippen molar-refractivity contribution in [1.29, 1.82) is 0 Å². The van der Waals surface area contributed by atoms with Crippen molar-refractivity contribution in [2.45, 2.75) is 13.0 Å². The molecule has 20 heavy (non-hydrogen) atoms. The number of H-pyrrole nitrogens is 1. The smallest absolute Gasteiger partial charge is 0.266 e. The summed E-state index contributed by atoms with van der Waals surface area (Å²) in [6, 6.07) is 8.87. The highest BCUT2D eigenvalue weighted by Crippen LogP contribution is 2.17. The largest absolute Gasteiger partial charge is 0.345 e. The Bertz CT molecular complexity index is 682. The molecule has 6 heteroatoms. The normalized spacial score (nSPS) is 11.9. The van der Waals surface area contributed by atoms with Gasteiger partial charge in [-0.3, -0.25) is 9.59 Å². The Balaban J connectivity index is 2.12. The van der Waals surface area contributed by atoms with Gasteiger partial charge in [-0.05, 0) is 30.7 Å². The van der Waals surface area contributed by atoms with Crippen molar-refractivity contribution >= 4 is 33.4 Å².